The van der Waals surface area contributed by atoms with Gasteiger partial charge in [-0.25, -0.2) is 9.07 Å². The molecule has 4 aromatic rings. The van der Waals surface area contributed by atoms with Gasteiger partial charge in [0.05, 0.1) is 18.2 Å². The largest absolute Gasteiger partial charge is 0.497 e. The number of aryl methyl sites for hydroxylation is 1. The molecule has 0 bridgehead atoms. The number of fused-ring (bicyclic) bond motifs is 1. The molecule has 0 aliphatic carbocycles. The third kappa shape index (κ3) is 3.99. The van der Waals surface area contributed by atoms with Crippen LogP contribution in [0.1, 0.15) is 5.76 Å². The molecule has 10 heteroatoms. The van der Waals surface area contributed by atoms with Crippen molar-refractivity contribution in [1.29, 1.82) is 0 Å². The van der Waals surface area contributed by atoms with Gasteiger partial charge in [-0.05, 0) is 49.4 Å². The molecule has 0 saturated heterocycles. The molecule has 0 aliphatic rings. The van der Waals surface area contributed by atoms with Crippen LogP contribution in [0.15, 0.2) is 51.8 Å². The van der Waals surface area contributed by atoms with Gasteiger partial charge in [-0.3, -0.25) is 9.59 Å². The first-order valence-electron chi connectivity index (χ1n) is 9.14. The summed E-state index contributed by atoms with van der Waals surface area (Å²) < 4.78 is 25.3. The Bertz CT molecular complexity index is 1350. The number of rotatable bonds is 5. The van der Waals surface area contributed by atoms with Crippen LogP contribution in [0.5, 0.6) is 5.75 Å². The van der Waals surface area contributed by atoms with Gasteiger partial charge < -0.3 is 14.6 Å². The van der Waals surface area contributed by atoms with Crippen LogP contribution in [-0.2, 0) is 11.3 Å². The van der Waals surface area contributed by atoms with E-state index in [0.717, 1.165) is 10.7 Å². The molecule has 0 radical (unpaired) electrons. The van der Waals surface area contributed by atoms with Crippen LogP contribution < -0.4 is 15.6 Å². The van der Waals surface area contributed by atoms with E-state index in [2.05, 4.69) is 15.6 Å². The molecule has 1 amide bonds. The van der Waals surface area contributed by atoms with Crippen molar-refractivity contribution in [3.05, 3.63) is 69.4 Å². The number of methoxy groups -OCH3 is 1. The zero-order chi connectivity index (χ0) is 22.1. The van der Waals surface area contributed by atoms with Gasteiger partial charge in [0.15, 0.2) is 5.52 Å². The molecule has 0 aliphatic heterocycles. The molecule has 0 unspecified atom stereocenters. The van der Waals surface area contributed by atoms with E-state index in [9.17, 15) is 14.0 Å². The van der Waals surface area contributed by atoms with Gasteiger partial charge in [0.2, 0.25) is 5.91 Å². The number of carbonyl (C=O) groups excluding carboxylic acids is 1. The number of nitrogens with one attached hydrogen (secondary N) is 1. The van der Waals surface area contributed by atoms with E-state index in [1.807, 2.05) is 0 Å². The Morgan fingerprint density at radius 3 is 2.68 bits per heavy atom. The lowest BCUT2D eigenvalue weighted by atomic mass is 10.1. The Balaban J connectivity index is 1.73. The molecule has 158 valence electrons. The van der Waals surface area contributed by atoms with Crippen molar-refractivity contribution in [2.75, 3.05) is 12.4 Å². The number of amides is 1. The zero-order valence-electron chi connectivity index (χ0n) is 16.5. The van der Waals surface area contributed by atoms with Crippen LogP contribution in [0.3, 0.4) is 0 Å². The van der Waals surface area contributed by atoms with E-state index in [1.165, 1.54) is 12.1 Å². The zero-order valence-corrected chi connectivity index (χ0v) is 17.2. The average molecular weight is 443 g/mol. The van der Waals surface area contributed by atoms with E-state index >= 15 is 0 Å². The summed E-state index contributed by atoms with van der Waals surface area (Å²) in [6.07, 6.45) is 0. The highest BCUT2D eigenvalue weighted by Gasteiger charge is 2.20. The number of nitrogens with zero attached hydrogens (tertiary/aromatic N) is 3. The lowest BCUT2D eigenvalue weighted by Crippen LogP contribution is -2.30. The van der Waals surface area contributed by atoms with Gasteiger partial charge in [-0.1, -0.05) is 16.8 Å². The highest BCUT2D eigenvalue weighted by Crippen LogP contribution is 2.28. The van der Waals surface area contributed by atoms with Crippen LogP contribution in [0.2, 0.25) is 5.02 Å². The van der Waals surface area contributed by atoms with E-state index in [-0.39, 0.29) is 16.2 Å². The number of carbonyl (C=O) groups is 1. The molecule has 0 atom stereocenters. The van der Waals surface area contributed by atoms with Gasteiger partial charge in [0.25, 0.3) is 5.56 Å². The van der Waals surface area contributed by atoms with Crippen molar-refractivity contribution in [3.8, 4) is 17.0 Å². The first kappa shape index (κ1) is 20.5. The summed E-state index contributed by atoms with van der Waals surface area (Å²) in [5.41, 5.74) is 0.479. The Kier molecular flexibility index (Phi) is 5.43. The predicted molar refractivity (Wildman–Crippen MR) is 113 cm³/mol. The van der Waals surface area contributed by atoms with Crippen LogP contribution in [0.4, 0.5) is 10.1 Å². The lowest BCUT2D eigenvalue weighted by Gasteiger charge is -2.10. The molecule has 31 heavy (non-hydrogen) atoms. The number of benzene rings is 2. The maximum absolute atomic E-state index is 14.0. The summed E-state index contributed by atoms with van der Waals surface area (Å²) >= 11 is 5.72. The summed E-state index contributed by atoms with van der Waals surface area (Å²) in [6, 6.07) is 10.9. The first-order chi connectivity index (χ1) is 14.9. The van der Waals surface area contributed by atoms with Gasteiger partial charge >= 0.3 is 0 Å². The number of halogens is 2. The number of ether oxygens (including phenoxy) is 1. The SMILES string of the molecule is COc1ccc(-c2nn(CC(=O)Nc3ccc(Cl)cc3F)c(=O)c3noc(C)c23)cc1. The van der Waals surface area contributed by atoms with Crippen LogP contribution >= 0.6 is 11.6 Å². The number of aromatic nitrogens is 3. The summed E-state index contributed by atoms with van der Waals surface area (Å²) in [5, 5.41) is 11.3. The molecule has 8 nitrogen and oxygen atoms in total. The van der Waals surface area contributed by atoms with Gasteiger partial charge in [0, 0.05) is 10.6 Å². The van der Waals surface area contributed by atoms with E-state index < -0.39 is 23.8 Å². The standard InChI is InChI=1S/C21H16ClFN4O4/c1-11-18-19(12-3-6-14(30-2)7-4-12)25-27(21(29)20(18)26-31-11)10-17(28)24-16-8-5-13(22)9-15(16)23/h3-9H,10H2,1-2H3,(H,24,28). The maximum atomic E-state index is 14.0. The molecule has 1 N–H and O–H groups in total. The average Bonchev–Trinajstić information content (AvgIpc) is 3.14. The second-order valence-electron chi connectivity index (χ2n) is 6.67. The second kappa shape index (κ2) is 8.19. The summed E-state index contributed by atoms with van der Waals surface area (Å²) in [5.74, 6) is -0.260. The monoisotopic (exact) mass is 442 g/mol. The quantitative estimate of drug-likeness (QED) is 0.504. The van der Waals surface area contributed by atoms with Crippen LogP contribution in [-0.4, -0.2) is 28.0 Å². The molecule has 4 rings (SSSR count). The summed E-state index contributed by atoms with van der Waals surface area (Å²) in [4.78, 5) is 25.3. The van der Waals surface area contributed by atoms with Crippen LogP contribution in [0, 0.1) is 12.7 Å². The first-order valence-corrected chi connectivity index (χ1v) is 9.51. The molecular formula is C21H16ClFN4O4. The summed E-state index contributed by atoms with van der Waals surface area (Å²) in [7, 11) is 1.55. The van der Waals surface area contributed by atoms with Crippen molar-refractivity contribution in [1.82, 2.24) is 14.9 Å². The molecule has 2 aromatic heterocycles. The maximum Gasteiger partial charge on any atom is 0.297 e. The highest BCUT2D eigenvalue weighted by molar-refractivity contribution is 6.30. The minimum atomic E-state index is -0.692. The summed E-state index contributed by atoms with van der Waals surface area (Å²) in [6.45, 7) is 1.22. The molecular weight excluding hydrogens is 427 g/mol. The van der Waals surface area contributed by atoms with E-state index in [4.69, 9.17) is 20.9 Å². The second-order valence-corrected chi connectivity index (χ2v) is 7.11. The normalized spacial score (nSPS) is 11.0. The number of anilines is 1. The Hall–Kier alpha value is -3.72. The van der Waals surface area contributed by atoms with Crippen molar-refractivity contribution in [3.63, 3.8) is 0 Å². The number of hydrogen-bond acceptors (Lipinski definition) is 6. The van der Waals surface area contributed by atoms with Crippen molar-refractivity contribution >= 4 is 34.1 Å². The van der Waals surface area contributed by atoms with Gasteiger partial charge in [0.1, 0.15) is 29.6 Å². The van der Waals surface area contributed by atoms with Gasteiger partial charge in [-0.2, -0.15) is 5.10 Å². The minimum Gasteiger partial charge on any atom is -0.497 e. The van der Waals surface area contributed by atoms with Gasteiger partial charge in [-0.15, -0.1) is 0 Å². The van der Waals surface area contributed by atoms with E-state index in [1.54, 1.807) is 38.3 Å². The topological polar surface area (TPSA) is 99.2 Å². The Morgan fingerprint density at radius 2 is 2.00 bits per heavy atom. The fraction of sp³-hybridized carbons (Fsp3) is 0.143. The van der Waals surface area contributed by atoms with Crippen molar-refractivity contribution in [2.24, 2.45) is 0 Å². The Morgan fingerprint density at radius 1 is 1.26 bits per heavy atom. The number of hydrogen-bond donors (Lipinski definition) is 1. The smallest absolute Gasteiger partial charge is 0.297 e. The third-order valence-electron chi connectivity index (χ3n) is 4.62. The predicted octanol–water partition coefficient (Wildman–Crippen LogP) is 3.80. The fourth-order valence-corrected chi connectivity index (χ4v) is 3.27. The molecule has 2 aromatic carbocycles. The lowest BCUT2D eigenvalue weighted by molar-refractivity contribution is -0.117. The molecule has 0 spiro atoms. The molecule has 0 saturated carbocycles. The van der Waals surface area contributed by atoms with Crippen molar-refractivity contribution in [2.45, 2.75) is 13.5 Å². The van der Waals surface area contributed by atoms with E-state index in [0.29, 0.717) is 28.2 Å². The van der Waals surface area contributed by atoms with Crippen LogP contribution in [0.25, 0.3) is 22.2 Å². The highest BCUT2D eigenvalue weighted by atomic mass is 35.5. The molecule has 2 heterocycles. The Labute approximate surface area is 180 Å². The van der Waals surface area contributed by atoms with Crippen molar-refractivity contribution < 1.29 is 18.4 Å². The fourth-order valence-electron chi connectivity index (χ4n) is 3.11. The molecule has 0 fully saturated rings. The third-order valence-corrected chi connectivity index (χ3v) is 4.85. The minimum absolute atomic E-state index is 0.0452.